The number of thioether (sulfide) groups is 1. The second-order valence-electron chi connectivity index (χ2n) is 6.02. The van der Waals surface area contributed by atoms with Crippen LogP contribution < -0.4 is 10.9 Å². The van der Waals surface area contributed by atoms with Crippen LogP contribution in [0.4, 0.5) is 14.5 Å². The summed E-state index contributed by atoms with van der Waals surface area (Å²) in [6, 6.07) is 1.97. The van der Waals surface area contributed by atoms with Gasteiger partial charge in [-0.05, 0) is 18.2 Å². The first-order chi connectivity index (χ1) is 13.3. The Balaban J connectivity index is 1.89. The van der Waals surface area contributed by atoms with E-state index >= 15 is 0 Å². The highest BCUT2D eigenvalue weighted by atomic mass is 32.2. The second-order valence-corrected chi connectivity index (χ2v) is 7.58. The van der Waals surface area contributed by atoms with Crippen molar-refractivity contribution in [2.24, 2.45) is 10.2 Å². The first-order valence-corrected chi connectivity index (χ1v) is 9.02. The minimum atomic E-state index is -1.20. The SMILES string of the molecule is CC(C)Sc1nc(O)c(C(=O)Nc2c(F)cc(C3=CCN=N3)cc2F)c(=O)[nH]1. The number of aromatic nitrogens is 2. The highest BCUT2D eigenvalue weighted by Crippen LogP contribution is 2.28. The molecular formula is C17H15F2N5O3S. The number of hydrogen-bond donors (Lipinski definition) is 3. The molecule has 2 heterocycles. The summed E-state index contributed by atoms with van der Waals surface area (Å²) in [4.78, 5) is 30.5. The molecule has 1 aliphatic heterocycles. The normalized spacial score (nSPS) is 13.1. The Labute approximate surface area is 161 Å². The highest BCUT2D eigenvalue weighted by Gasteiger charge is 2.23. The lowest BCUT2D eigenvalue weighted by Gasteiger charge is -2.10. The molecule has 2 aromatic rings. The quantitative estimate of drug-likeness (QED) is 0.519. The molecule has 0 bridgehead atoms. The molecule has 0 fully saturated rings. The predicted octanol–water partition coefficient (Wildman–Crippen LogP) is 3.31. The third kappa shape index (κ3) is 4.09. The summed E-state index contributed by atoms with van der Waals surface area (Å²) in [6.07, 6.45) is 1.59. The maximum absolute atomic E-state index is 14.3. The monoisotopic (exact) mass is 407 g/mol. The average molecular weight is 407 g/mol. The maximum atomic E-state index is 14.3. The molecule has 0 spiro atoms. The Hall–Kier alpha value is -3.08. The molecular weight excluding hydrogens is 392 g/mol. The molecule has 1 amide bonds. The molecule has 0 aliphatic carbocycles. The van der Waals surface area contributed by atoms with E-state index in [4.69, 9.17) is 0 Å². The zero-order chi connectivity index (χ0) is 20.4. The van der Waals surface area contributed by atoms with Crippen LogP contribution in [-0.2, 0) is 0 Å². The summed E-state index contributed by atoms with van der Waals surface area (Å²) in [7, 11) is 0. The van der Waals surface area contributed by atoms with Gasteiger partial charge in [-0.15, -0.1) is 0 Å². The number of aromatic hydroxyl groups is 1. The van der Waals surface area contributed by atoms with Crippen LogP contribution >= 0.6 is 11.8 Å². The van der Waals surface area contributed by atoms with Crippen LogP contribution in [0.1, 0.15) is 29.8 Å². The number of benzene rings is 1. The van der Waals surface area contributed by atoms with Gasteiger partial charge in [-0.25, -0.2) is 8.78 Å². The summed E-state index contributed by atoms with van der Waals surface area (Å²) in [6.45, 7) is 4.01. The Kier molecular flexibility index (Phi) is 5.54. The number of carbonyl (C=O) groups is 1. The molecule has 0 radical (unpaired) electrons. The molecule has 0 saturated heterocycles. The first-order valence-electron chi connectivity index (χ1n) is 8.14. The summed E-state index contributed by atoms with van der Waals surface area (Å²) in [5.41, 5.74) is -1.96. The molecule has 3 rings (SSSR count). The van der Waals surface area contributed by atoms with Crippen molar-refractivity contribution in [2.45, 2.75) is 24.3 Å². The molecule has 0 saturated carbocycles. The molecule has 1 aromatic heterocycles. The number of carbonyl (C=O) groups excluding carboxylic acids is 1. The number of anilines is 1. The zero-order valence-electron chi connectivity index (χ0n) is 14.8. The average Bonchev–Trinajstić information content (AvgIpc) is 3.11. The van der Waals surface area contributed by atoms with Crippen molar-refractivity contribution in [1.29, 1.82) is 0 Å². The lowest BCUT2D eigenvalue weighted by molar-refractivity contribution is 0.102. The van der Waals surface area contributed by atoms with Crippen molar-refractivity contribution >= 4 is 29.1 Å². The van der Waals surface area contributed by atoms with Crippen molar-refractivity contribution in [1.82, 2.24) is 9.97 Å². The van der Waals surface area contributed by atoms with E-state index < -0.39 is 40.2 Å². The number of nitrogens with one attached hydrogen (secondary N) is 2. The van der Waals surface area contributed by atoms with E-state index in [1.807, 2.05) is 19.2 Å². The van der Waals surface area contributed by atoms with E-state index in [1.165, 1.54) is 11.8 Å². The summed E-state index contributed by atoms with van der Waals surface area (Å²) < 4.78 is 28.7. The molecule has 146 valence electrons. The number of nitrogens with zero attached hydrogens (tertiary/aromatic N) is 3. The molecule has 8 nitrogen and oxygen atoms in total. The van der Waals surface area contributed by atoms with Crippen LogP contribution in [0.15, 0.2) is 38.4 Å². The van der Waals surface area contributed by atoms with Gasteiger partial charge in [-0.1, -0.05) is 25.6 Å². The van der Waals surface area contributed by atoms with Crippen LogP contribution in [0.2, 0.25) is 0 Å². The third-order valence-corrected chi connectivity index (χ3v) is 4.46. The van der Waals surface area contributed by atoms with E-state index in [-0.39, 0.29) is 16.0 Å². The van der Waals surface area contributed by atoms with Crippen LogP contribution in [0.3, 0.4) is 0 Å². The Morgan fingerprint density at radius 3 is 2.54 bits per heavy atom. The fourth-order valence-electron chi connectivity index (χ4n) is 2.40. The smallest absolute Gasteiger partial charge is 0.268 e. The van der Waals surface area contributed by atoms with Gasteiger partial charge in [0.05, 0.1) is 12.2 Å². The van der Waals surface area contributed by atoms with Crippen LogP contribution in [0.5, 0.6) is 5.88 Å². The summed E-state index contributed by atoms with van der Waals surface area (Å²) >= 11 is 1.17. The molecule has 28 heavy (non-hydrogen) atoms. The predicted molar refractivity (Wildman–Crippen MR) is 99.5 cm³/mol. The number of azo groups is 1. The lowest BCUT2D eigenvalue weighted by atomic mass is 10.1. The lowest BCUT2D eigenvalue weighted by Crippen LogP contribution is -2.25. The van der Waals surface area contributed by atoms with E-state index in [2.05, 4.69) is 20.2 Å². The topological polar surface area (TPSA) is 120 Å². The summed E-state index contributed by atoms with van der Waals surface area (Å²) in [5, 5.41) is 19.5. The number of H-pyrrole nitrogens is 1. The minimum absolute atomic E-state index is 0.0680. The van der Waals surface area contributed by atoms with Crippen molar-refractivity contribution in [3.8, 4) is 5.88 Å². The van der Waals surface area contributed by atoms with Gasteiger partial charge in [0.1, 0.15) is 17.3 Å². The zero-order valence-corrected chi connectivity index (χ0v) is 15.6. The van der Waals surface area contributed by atoms with Crippen molar-refractivity contribution in [2.75, 3.05) is 11.9 Å². The van der Waals surface area contributed by atoms with Crippen LogP contribution in [0, 0.1) is 11.6 Å². The van der Waals surface area contributed by atoms with E-state index in [9.17, 15) is 23.5 Å². The largest absolute Gasteiger partial charge is 0.493 e. The molecule has 0 unspecified atom stereocenters. The molecule has 1 aliphatic rings. The standard InChI is InChI=1S/C17H15F2N5O3S/c1-7(2)28-17-22-15(26)12(16(27)23-17)14(25)21-13-9(18)5-8(6-10(13)19)11-3-4-20-24-11/h3,5-7H,4H2,1-2H3,(H,21,25)(H2,22,23,26,27). The fraction of sp³-hybridized carbons (Fsp3) is 0.235. The van der Waals surface area contributed by atoms with Gasteiger partial charge in [0.2, 0.25) is 5.88 Å². The molecule has 1 aromatic carbocycles. The van der Waals surface area contributed by atoms with Gasteiger partial charge < -0.3 is 15.4 Å². The van der Waals surface area contributed by atoms with Crippen LogP contribution in [0.25, 0.3) is 5.70 Å². The maximum Gasteiger partial charge on any atom is 0.268 e. The Morgan fingerprint density at radius 1 is 1.32 bits per heavy atom. The van der Waals surface area contributed by atoms with Crippen molar-refractivity contribution in [3.05, 3.63) is 51.3 Å². The number of aromatic amines is 1. The molecule has 0 atom stereocenters. The minimum Gasteiger partial charge on any atom is -0.493 e. The van der Waals surface area contributed by atoms with Gasteiger partial charge in [0.25, 0.3) is 11.5 Å². The van der Waals surface area contributed by atoms with Gasteiger partial charge in [0, 0.05) is 10.8 Å². The fourth-order valence-corrected chi connectivity index (χ4v) is 3.14. The third-order valence-electron chi connectivity index (χ3n) is 3.57. The van der Waals surface area contributed by atoms with Crippen molar-refractivity contribution < 1.29 is 18.7 Å². The van der Waals surface area contributed by atoms with Gasteiger partial charge in [-0.2, -0.15) is 15.2 Å². The Bertz CT molecular complexity index is 1040. The summed E-state index contributed by atoms with van der Waals surface area (Å²) in [5.74, 6) is -4.17. The number of halogens is 2. The number of amides is 1. The van der Waals surface area contributed by atoms with E-state index in [0.717, 1.165) is 12.1 Å². The van der Waals surface area contributed by atoms with Gasteiger partial charge >= 0.3 is 0 Å². The van der Waals surface area contributed by atoms with Gasteiger partial charge in [-0.3, -0.25) is 9.59 Å². The van der Waals surface area contributed by atoms with E-state index in [0.29, 0.717) is 12.2 Å². The number of rotatable bonds is 5. The molecule has 3 N–H and O–H groups in total. The van der Waals surface area contributed by atoms with E-state index in [1.54, 1.807) is 6.08 Å². The molecule has 11 heteroatoms. The number of hydrogen-bond acceptors (Lipinski definition) is 7. The van der Waals surface area contributed by atoms with Crippen molar-refractivity contribution in [3.63, 3.8) is 0 Å². The second kappa shape index (κ2) is 7.89. The Morgan fingerprint density at radius 2 is 2.00 bits per heavy atom. The highest BCUT2D eigenvalue weighted by molar-refractivity contribution is 7.99. The van der Waals surface area contributed by atoms with Gasteiger partial charge in [0.15, 0.2) is 10.7 Å². The van der Waals surface area contributed by atoms with Crippen LogP contribution in [-0.4, -0.2) is 32.8 Å². The first kappa shape index (κ1) is 19.7.